The number of aromatic carboxylic acids is 1. The number of hydrogen-bond acceptors (Lipinski definition) is 3. The molecular weight excluding hydrogens is 240 g/mol. The zero-order valence-corrected chi connectivity index (χ0v) is 10.8. The van der Waals surface area contributed by atoms with E-state index in [1.54, 1.807) is 0 Å². The van der Waals surface area contributed by atoms with Gasteiger partial charge in [0.2, 0.25) is 0 Å². The van der Waals surface area contributed by atoms with Crippen LogP contribution in [0, 0.1) is 5.92 Å². The largest absolute Gasteiger partial charge is 0.478 e. The van der Waals surface area contributed by atoms with E-state index in [1.165, 1.54) is 19.0 Å². The fourth-order valence-electron chi connectivity index (χ4n) is 2.40. The second kappa shape index (κ2) is 4.53. The van der Waals surface area contributed by atoms with Crippen LogP contribution in [0.4, 0.5) is 5.69 Å². The summed E-state index contributed by atoms with van der Waals surface area (Å²) < 4.78 is 0. The molecule has 1 aromatic heterocycles. The maximum atomic E-state index is 11.4. The SMILES string of the molecule is CC(Nc1c(C(=O)O)cnc2ccccc12)C1CC1. The molecule has 1 atom stereocenters. The van der Waals surface area contributed by atoms with Crippen LogP contribution in [0.5, 0.6) is 0 Å². The summed E-state index contributed by atoms with van der Waals surface area (Å²) in [7, 11) is 0. The number of rotatable bonds is 4. The van der Waals surface area contributed by atoms with Gasteiger partial charge in [0.15, 0.2) is 0 Å². The minimum Gasteiger partial charge on any atom is -0.478 e. The Morgan fingerprint density at radius 2 is 2.16 bits per heavy atom. The highest BCUT2D eigenvalue weighted by molar-refractivity contribution is 6.04. The molecule has 0 radical (unpaired) electrons. The second-order valence-corrected chi connectivity index (χ2v) is 5.14. The van der Waals surface area contributed by atoms with E-state index in [2.05, 4.69) is 17.2 Å². The second-order valence-electron chi connectivity index (χ2n) is 5.14. The van der Waals surface area contributed by atoms with Gasteiger partial charge < -0.3 is 10.4 Å². The van der Waals surface area contributed by atoms with Crippen molar-refractivity contribution >= 4 is 22.6 Å². The highest BCUT2D eigenvalue weighted by Crippen LogP contribution is 2.36. The lowest BCUT2D eigenvalue weighted by atomic mass is 10.1. The molecule has 3 rings (SSSR count). The van der Waals surface area contributed by atoms with E-state index in [0.29, 0.717) is 17.6 Å². The third-order valence-corrected chi connectivity index (χ3v) is 3.71. The molecule has 4 nitrogen and oxygen atoms in total. The minimum absolute atomic E-state index is 0.242. The lowest BCUT2D eigenvalue weighted by Gasteiger charge is -2.18. The van der Waals surface area contributed by atoms with Gasteiger partial charge >= 0.3 is 5.97 Å². The molecule has 2 N–H and O–H groups in total. The number of carbonyl (C=O) groups is 1. The van der Waals surface area contributed by atoms with E-state index in [9.17, 15) is 9.90 Å². The number of anilines is 1. The van der Waals surface area contributed by atoms with Crippen LogP contribution in [-0.2, 0) is 0 Å². The van der Waals surface area contributed by atoms with Crippen molar-refractivity contribution in [1.82, 2.24) is 4.98 Å². The molecule has 1 unspecified atom stereocenters. The standard InChI is InChI=1S/C15H16N2O2/c1-9(10-6-7-10)17-14-11-4-2-3-5-13(11)16-8-12(14)15(18)19/h2-5,8-10H,6-7H2,1H3,(H,16,17)(H,18,19). The van der Waals surface area contributed by atoms with E-state index in [-0.39, 0.29) is 5.56 Å². The Labute approximate surface area is 111 Å². The number of nitrogens with one attached hydrogen (secondary N) is 1. The highest BCUT2D eigenvalue weighted by atomic mass is 16.4. The van der Waals surface area contributed by atoms with Gasteiger partial charge in [-0.15, -0.1) is 0 Å². The first kappa shape index (κ1) is 12.0. The van der Waals surface area contributed by atoms with Gasteiger partial charge in [-0.1, -0.05) is 18.2 Å². The Kier molecular flexibility index (Phi) is 2.85. The Hall–Kier alpha value is -2.10. The molecule has 0 bridgehead atoms. The van der Waals surface area contributed by atoms with Crippen molar-refractivity contribution in [3.05, 3.63) is 36.0 Å². The molecule has 2 aromatic rings. The van der Waals surface area contributed by atoms with Crippen LogP contribution in [0.1, 0.15) is 30.1 Å². The quantitative estimate of drug-likeness (QED) is 0.882. The molecule has 1 saturated carbocycles. The van der Waals surface area contributed by atoms with Gasteiger partial charge in [-0.05, 0) is 31.7 Å². The highest BCUT2D eigenvalue weighted by Gasteiger charge is 2.29. The summed E-state index contributed by atoms with van der Waals surface area (Å²) in [6.07, 6.45) is 3.88. The third-order valence-electron chi connectivity index (χ3n) is 3.71. The Bertz CT molecular complexity index is 635. The van der Waals surface area contributed by atoms with Gasteiger partial charge in [0.05, 0.1) is 11.2 Å². The molecule has 1 aliphatic carbocycles. The average molecular weight is 256 g/mol. The van der Waals surface area contributed by atoms with Crippen LogP contribution in [-0.4, -0.2) is 22.1 Å². The summed E-state index contributed by atoms with van der Waals surface area (Å²) in [5.41, 5.74) is 1.75. The first-order valence-electron chi connectivity index (χ1n) is 6.54. The molecule has 0 amide bonds. The summed E-state index contributed by atoms with van der Waals surface area (Å²) in [6.45, 7) is 2.11. The average Bonchev–Trinajstić information content (AvgIpc) is 3.23. The van der Waals surface area contributed by atoms with Crippen molar-refractivity contribution in [2.45, 2.75) is 25.8 Å². The van der Waals surface area contributed by atoms with E-state index in [4.69, 9.17) is 0 Å². The summed E-state index contributed by atoms with van der Waals surface area (Å²) in [5.74, 6) is -0.280. The van der Waals surface area contributed by atoms with Gasteiger partial charge in [0, 0.05) is 17.6 Å². The molecule has 1 heterocycles. The lowest BCUT2D eigenvalue weighted by Crippen LogP contribution is -2.19. The Balaban J connectivity index is 2.10. The molecule has 1 fully saturated rings. The predicted octanol–water partition coefficient (Wildman–Crippen LogP) is 3.14. The number of fused-ring (bicyclic) bond motifs is 1. The minimum atomic E-state index is -0.941. The van der Waals surface area contributed by atoms with Gasteiger partial charge in [-0.2, -0.15) is 0 Å². The number of para-hydroxylation sites is 1. The number of pyridine rings is 1. The van der Waals surface area contributed by atoms with Gasteiger partial charge in [-0.25, -0.2) is 4.79 Å². The van der Waals surface area contributed by atoms with Gasteiger partial charge in [-0.3, -0.25) is 4.98 Å². The molecule has 1 aliphatic rings. The molecule has 4 heteroatoms. The fourth-order valence-corrected chi connectivity index (χ4v) is 2.40. The number of carboxylic acids is 1. The van der Waals surface area contributed by atoms with Gasteiger partial charge in [0.25, 0.3) is 0 Å². The number of carboxylic acid groups (broad SMARTS) is 1. The van der Waals surface area contributed by atoms with Crippen molar-refractivity contribution in [2.75, 3.05) is 5.32 Å². The normalized spacial score (nSPS) is 16.3. The Morgan fingerprint density at radius 1 is 1.42 bits per heavy atom. The van der Waals surface area contributed by atoms with Crippen LogP contribution in [0.15, 0.2) is 30.5 Å². The van der Waals surface area contributed by atoms with Crippen molar-refractivity contribution < 1.29 is 9.90 Å². The van der Waals surface area contributed by atoms with Crippen LogP contribution < -0.4 is 5.32 Å². The summed E-state index contributed by atoms with van der Waals surface area (Å²) in [6, 6.07) is 7.92. The maximum absolute atomic E-state index is 11.4. The number of hydrogen-bond donors (Lipinski definition) is 2. The lowest BCUT2D eigenvalue weighted by molar-refractivity contribution is 0.0697. The van der Waals surface area contributed by atoms with E-state index in [0.717, 1.165) is 10.9 Å². The predicted molar refractivity (Wildman–Crippen MR) is 74.5 cm³/mol. The molecule has 0 aliphatic heterocycles. The third kappa shape index (κ3) is 2.26. The smallest absolute Gasteiger partial charge is 0.339 e. The van der Waals surface area contributed by atoms with Crippen LogP contribution in [0.2, 0.25) is 0 Å². The van der Waals surface area contributed by atoms with Crippen LogP contribution in [0.3, 0.4) is 0 Å². The molecule has 0 saturated heterocycles. The monoisotopic (exact) mass is 256 g/mol. The number of aromatic nitrogens is 1. The summed E-state index contributed by atoms with van der Waals surface area (Å²) in [5, 5.41) is 13.6. The van der Waals surface area contributed by atoms with E-state index in [1.807, 2.05) is 24.3 Å². The molecular formula is C15H16N2O2. The van der Waals surface area contributed by atoms with Crippen LogP contribution >= 0.6 is 0 Å². The first-order valence-corrected chi connectivity index (χ1v) is 6.54. The van der Waals surface area contributed by atoms with Crippen LogP contribution in [0.25, 0.3) is 10.9 Å². The summed E-state index contributed by atoms with van der Waals surface area (Å²) >= 11 is 0. The molecule has 1 aromatic carbocycles. The maximum Gasteiger partial charge on any atom is 0.339 e. The van der Waals surface area contributed by atoms with Crippen molar-refractivity contribution in [3.8, 4) is 0 Å². The number of nitrogens with zero attached hydrogens (tertiary/aromatic N) is 1. The van der Waals surface area contributed by atoms with Crippen molar-refractivity contribution in [1.29, 1.82) is 0 Å². The topological polar surface area (TPSA) is 62.2 Å². The fraction of sp³-hybridized carbons (Fsp3) is 0.333. The van der Waals surface area contributed by atoms with Crippen molar-refractivity contribution in [3.63, 3.8) is 0 Å². The number of benzene rings is 1. The Morgan fingerprint density at radius 3 is 2.84 bits per heavy atom. The molecule has 19 heavy (non-hydrogen) atoms. The zero-order chi connectivity index (χ0) is 13.4. The zero-order valence-electron chi connectivity index (χ0n) is 10.8. The van der Waals surface area contributed by atoms with E-state index < -0.39 is 5.97 Å². The summed E-state index contributed by atoms with van der Waals surface area (Å²) in [4.78, 5) is 15.6. The molecule has 0 spiro atoms. The van der Waals surface area contributed by atoms with E-state index >= 15 is 0 Å². The van der Waals surface area contributed by atoms with Gasteiger partial charge in [0.1, 0.15) is 5.56 Å². The first-order chi connectivity index (χ1) is 9.16. The molecule has 98 valence electrons. The van der Waals surface area contributed by atoms with Crippen molar-refractivity contribution in [2.24, 2.45) is 5.92 Å².